The van der Waals surface area contributed by atoms with Crippen molar-refractivity contribution in [1.29, 1.82) is 0 Å². The molecular formula is C26H28FN3S. The highest BCUT2D eigenvalue weighted by Gasteiger charge is 2.26. The molecule has 1 N–H and O–H groups in total. The normalized spacial score (nSPS) is 17.4. The van der Waals surface area contributed by atoms with Crippen LogP contribution in [0.5, 0.6) is 0 Å². The predicted octanol–water partition coefficient (Wildman–Crippen LogP) is 6.19. The van der Waals surface area contributed by atoms with Crippen LogP contribution in [0.25, 0.3) is 11.3 Å². The molecular weight excluding hydrogens is 405 g/mol. The minimum Gasteiger partial charge on any atom is -0.355 e. The first kappa shape index (κ1) is 20.5. The number of benzene rings is 2. The van der Waals surface area contributed by atoms with Crippen molar-refractivity contribution >= 4 is 23.1 Å². The van der Waals surface area contributed by atoms with E-state index in [1.165, 1.54) is 53.4 Å². The van der Waals surface area contributed by atoms with Crippen molar-refractivity contribution in [3.8, 4) is 11.3 Å². The number of anilines is 2. The van der Waals surface area contributed by atoms with E-state index in [4.69, 9.17) is 0 Å². The van der Waals surface area contributed by atoms with Crippen molar-refractivity contribution in [1.82, 2.24) is 9.88 Å². The molecule has 0 spiro atoms. The molecule has 2 aromatic carbocycles. The van der Waals surface area contributed by atoms with Crippen LogP contribution in [0.1, 0.15) is 29.5 Å². The molecule has 0 atom stereocenters. The molecule has 3 heterocycles. The van der Waals surface area contributed by atoms with Crippen LogP contribution in [0.3, 0.4) is 0 Å². The van der Waals surface area contributed by atoms with Gasteiger partial charge in [-0.25, -0.2) is 4.39 Å². The number of hydrogen-bond acceptors (Lipinski definition) is 4. The monoisotopic (exact) mass is 433 g/mol. The molecule has 160 valence electrons. The molecule has 3 aromatic rings. The molecule has 2 aliphatic rings. The molecule has 5 rings (SSSR count). The summed E-state index contributed by atoms with van der Waals surface area (Å²) in [4.78, 5) is 6.96. The lowest BCUT2D eigenvalue weighted by Gasteiger charge is -2.38. The molecule has 0 aliphatic carbocycles. The first-order chi connectivity index (χ1) is 15.2. The van der Waals surface area contributed by atoms with Crippen LogP contribution in [0.4, 0.5) is 15.8 Å². The Hall–Kier alpha value is -2.37. The lowest BCUT2D eigenvalue weighted by molar-refractivity contribution is 0.169. The quantitative estimate of drug-likeness (QED) is 0.531. The Bertz CT molecular complexity index is 1060. The Morgan fingerprint density at radius 1 is 1.10 bits per heavy atom. The minimum absolute atomic E-state index is 0.312. The second kappa shape index (κ2) is 9.01. The van der Waals surface area contributed by atoms with Crippen LogP contribution in [-0.2, 0) is 13.0 Å². The van der Waals surface area contributed by atoms with E-state index in [1.807, 2.05) is 0 Å². The van der Waals surface area contributed by atoms with Crippen molar-refractivity contribution in [2.45, 2.75) is 38.8 Å². The van der Waals surface area contributed by atoms with Crippen LogP contribution < -0.4 is 5.32 Å². The average molecular weight is 434 g/mol. The number of hydrogen-bond donors (Lipinski definition) is 1. The third-order valence-corrected chi connectivity index (χ3v) is 7.57. The number of aromatic nitrogens is 1. The Balaban J connectivity index is 1.38. The lowest BCUT2D eigenvalue weighted by Crippen LogP contribution is -2.41. The van der Waals surface area contributed by atoms with E-state index in [9.17, 15) is 4.39 Å². The summed E-state index contributed by atoms with van der Waals surface area (Å²) in [5.74, 6) is 2.29. The van der Waals surface area contributed by atoms with Crippen LogP contribution in [-0.4, -0.2) is 34.0 Å². The zero-order chi connectivity index (χ0) is 21.2. The van der Waals surface area contributed by atoms with E-state index in [0.717, 1.165) is 48.1 Å². The van der Waals surface area contributed by atoms with E-state index in [0.29, 0.717) is 0 Å². The van der Waals surface area contributed by atoms with Crippen LogP contribution in [0.15, 0.2) is 54.7 Å². The van der Waals surface area contributed by atoms with Gasteiger partial charge in [0.25, 0.3) is 0 Å². The summed E-state index contributed by atoms with van der Waals surface area (Å²) in [5.41, 5.74) is 8.05. The molecule has 0 amide bonds. The zero-order valence-electron chi connectivity index (χ0n) is 17.9. The average Bonchev–Trinajstić information content (AvgIpc) is 2.81. The summed E-state index contributed by atoms with van der Waals surface area (Å²) in [6.45, 7) is 4.26. The van der Waals surface area contributed by atoms with Gasteiger partial charge in [-0.15, -0.1) is 0 Å². The summed E-state index contributed by atoms with van der Waals surface area (Å²) < 4.78 is 13.3. The zero-order valence-corrected chi connectivity index (χ0v) is 18.7. The number of thioether (sulfide) groups is 1. The SMILES string of the molecule is Cc1ccc(Nc2cccc3c2CCN(C2CCSCC2)C3)cc1-c1ccc(F)cn1. The smallest absolute Gasteiger partial charge is 0.141 e. The number of pyridine rings is 1. The van der Waals surface area contributed by atoms with Crippen LogP contribution >= 0.6 is 11.8 Å². The van der Waals surface area contributed by atoms with E-state index >= 15 is 0 Å². The highest BCUT2D eigenvalue weighted by atomic mass is 32.2. The van der Waals surface area contributed by atoms with Crippen LogP contribution in [0, 0.1) is 12.7 Å². The van der Waals surface area contributed by atoms with E-state index < -0.39 is 0 Å². The van der Waals surface area contributed by atoms with Crippen molar-refractivity contribution in [2.75, 3.05) is 23.4 Å². The van der Waals surface area contributed by atoms with Crippen molar-refractivity contribution in [3.05, 3.63) is 77.2 Å². The fraction of sp³-hybridized carbons (Fsp3) is 0.346. The molecule has 0 saturated carbocycles. The van der Waals surface area contributed by atoms with Gasteiger partial charge in [-0.1, -0.05) is 18.2 Å². The lowest BCUT2D eigenvalue weighted by atomic mass is 9.95. The molecule has 1 fully saturated rings. The predicted molar refractivity (Wildman–Crippen MR) is 129 cm³/mol. The van der Waals surface area contributed by atoms with Gasteiger partial charge in [0.15, 0.2) is 0 Å². The first-order valence-corrected chi connectivity index (χ1v) is 12.2. The fourth-order valence-electron chi connectivity index (χ4n) is 4.78. The van der Waals surface area contributed by atoms with Gasteiger partial charge in [0.2, 0.25) is 0 Å². The van der Waals surface area contributed by atoms with E-state index in [2.05, 4.69) is 70.3 Å². The second-order valence-electron chi connectivity index (χ2n) is 8.52. The van der Waals surface area contributed by atoms with Crippen molar-refractivity contribution < 1.29 is 4.39 Å². The molecule has 3 nitrogen and oxygen atoms in total. The highest BCUT2D eigenvalue weighted by Crippen LogP contribution is 2.33. The molecule has 0 bridgehead atoms. The fourth-order valence-corrected chi connectivity index (χ4v) is 5.86. The van der Waals surface area contributed by atoms with Gasteiger partial charge >= 0.3 is 0 Å². The van der Waals surface area contributed by atoms with Gasteiger partial charge in [-0.05, 0) is 84.7 Å². The summed E-state index contributed by atoms with van der Waals surface area (Å²) in [7, 11) is 0. The van der Waals surface area contributed by atoms with Crippen molar-refractivity contribution in [3.63, 3.8) is 0 Å². The standard InChI is InChI=1S/C26H28FN3S/c1-18-5-7-21(15-24(18)25-8-6-20(27)16-28-25)29-26-4-2-3-19-17-30(12-9-23(19)26)22-10-13-31-14-11-22/h2-8,15-16,22,29H,9-14,17H2,1H3. The third-order valence-electron chi connectivity index (χ3n) is 6.52. The van der Waals surface area contributed by atoms with Crippen LogP contribution in [0.2, 0.25) is 0 Å². The number of fused-ring (bicyclic) bond motifs is 1. The van der Waals surface area contributed by atoms with Gasteiger partial charge in [0.05, 0.1) is 11.9 Å². The van der Waals surface area contributed by atoms with Gasteiger partial charge in [0, 0.05) is 36.1 Å². The molecule has 1 aromatic heterocycles. The highest BCUT2D eigenvalue weighted by molar-refractivity contribution is 7.99. The molecule has 0 unspecified atom stereocenters. The number of halogens is 1. The maximum absolute atomic E-state index is 13.3. The van der Waals surface area contributed by atoms with E-state index in [-0.39, 0.29) is 5.82 Å². The van der Waals surface area contributed by atoms with Gasteiger partial charge < -0.3 is 5.32 Å². The van der Waals surface area contributed by atoms with Gasteiger partial charge in [0.1, 0.15) is 5.82 Å². The molecule has 2 aliphatic heterocycles. The van der Waals surface area contributed by atoms with Crippen molar-refractivity contribution in [2.24, 2.45) is 0 Å². The second-order valence-corrected chi connectivity index (χ2v) is 9.75. The largest absolute Gasteiger partial charge is 0.355 e. The maximum Gasteiger partial charge on any atom is 0.141 e. The van der Waals surface area contributed by atoms with E-state index in [1.54, 1.807) is 6.07 Å². The summed E-state index contributed by atoms with van der Waals surface area (Å²) in [5, 5.41) is 3.65. The third kappa shape index (κ3) is 4.48. The Kier molecular flexibility index (Phi) is 5.97. The summed E-state index contributed by atoms with van der Waals surface area (Å²) in [6, 6.07) is 16.9. The molecule has 1 saturated heterocycles. The molecule has 31 heavy (non-hydrogen) atoms. The first-order valence-electron chi connectivity index (χ1n) is 11.1. The maximum atomic E-state index is 13.3. The number of rotatable bonds is 4. The number of nitrogens with one attached hydrogen (secondary N) is 1. The Morgan fingerprint density at radius 2 is 1.97 bits per heavy atom. The minimum atomic E-state index is -0.312. The molecule has 5 heteroatoms. The topological polar surface area (TPSA) is 28.2 Å². The summed E-state index contributed by atoms with van der Waals surface area (Å²) in [6.07, 6.45) is 5.00. The summed E-state index contributed by atoms with van der Waals surface area (Å²) >= 11 is 2.09. The Morgan fingerprint density at radius 3 is 2.77 bits per heavy atom. The number of nitrogens with zero attached hydrogens (tertiary/aromatic N) is 2. The number of aryl methyl sites for hydroxylation is 1. The van der Waals surface area contributed by atoms with Gasteiger partial charge in [-0.2, -0.15) is 11.8 Å². The van der Waals surface area contributed by atoms with Gasteiger partial charge in [-0.3, -0.25) is 9.88 Å². The Labute approximate surface area is 188 Å². The molecule has 0 radical (unpaired) electrons.